The van der Waals surface area contributed by atoms with Gasteiger partial charge in [-0.25, -0.2) is 0 Å². The van der Waals surface area contributed by atoms with E-state index in [9.17, 15) is 0 Å². The fourth-order valence-corrected chi connectivity index (χ4v) is 5.78. The fourth-order valence-electron chi connectivity index (χ4n) is 3.70. The number of hydrogen-bond donors (Lipinski definition) is 0. The van der Waals surface area contributed by atoms with Gasteiger partial charge in [0.25, 0.3) is 0 Å². The Morgan fingerprint density at radius 3 is 1.47 bits per heavy atom. The molecule has 0 unspecified atom stereocenters. The molecular weight excluding hydrogens is 460 g/mol. The molecule has 0 saturated heterocycles. The van der Waals surface area contributed by atoms with Crippen molar-refractivity contribution in [2.45, 2.75) is 88.5 Å². The number of methoxy groups -OCH3 is 1. The second-order valence-corrected chi connectivity index (χ2v) is 13.6. The van der Waals surface area contributed by atoms with E-state index in [1.807, 2.05) is 0 Å². The quantitative estimate of drug-likeness (QED) is 0.268. The highest BCUT2D eigenvalue weighted by atomic mass is 32.2. The summed E-state index contributed by atoms with van der Waals surface area (Å²) in [5.41, 5.74) is 0.427. The van der Waals surface area contributed by atoms with Crippen LogP contribution < -0.4 is 4.74 Å². The van der Waals surface area contributed by atoms with E-state index in [1.54, 1.807) is 7.11 Å². The van der Waals surface area contributed by atoms with Crippen molar-refractivity contribution in [1.29, 1.82) is 0 Å². The molecule has 0 fully saturated rings. The van der Waals surface area contributed by atoms with Crippen molar-refractivity contribution in [2.24, 2.45) is 10.8 Å². The molecule has 3 aromatic carbocycles. The average Bonchev–Trinajstić information content (AvgIpc) is 2.85. The van der Waals surface area contributed by atoms with Crippen LogP contribution in [0.15, 0.2) is 99.6 Å². The number of rotatable bonds is 9. The maximum Gasteiger partial charge on any atom is 0.166 e. The van der Waals surface area contributed by atoms with Gasteiger partial charge in [-0.05, 0) is 79.6 Å². The van der Waals surface area contributed by atoms with Crippen LogP contribution in [0, 0.1) is 10.8 Å². The van der Waals surface area contributed by atoms with E-state index < -0.39 is 0 Å². The standard InChI is InChI=1S/C23H25OS.C10H22O/c1-23(2,3)18-24-19-14-16-22(17-15-19)25(20-10-6-4-7-11-20)21-12-8-5-9-13-21;1-7-8-9(2,3)10(4,5)11-6/h4-17H,18H2,1-3H3;7-8H2,1-6H3/q+1;. The molecule has 3 rings (SSSR count). The molecule has 196 valence electrons. The topological polar surface area (TPSA) is 18.5 Å². The average molecular weight is 508 g/mol. The van der Waals surface area contributed by atoms with E-state index in [-0.39, 0.29) is 27.3 Å². The third-order valence-electron chi connectivity index (χ3n) is 6.70. The summed E-state index contributed by atoms with van der Waals surface area (Å²) in [6.45, 7) is 18.3. The van der Waals surface area contributed by atoms with Crippen molar-refractivity contribution in [3.63, 3.8) is 0 Å². The van der Waals surface area contributed by atoms with E-state index in [2.05, 4.69) is 140 Å². The van der Waals surface area contributed by atoms with Gasteiger partial charge in [0.2, 0.25) is 0 Å². The van der Waals surface area contributed by atoms with Crippen molar-refractivity contribution in [1.82, 2.24) is 0 Å². The van der Waals surface area contributed by atoms with Crippen LogP contribution >= 0.6 is 0 Å². The van der Waals surface area contributed by atoms with Crippen LogP contribution in [0.5, 0.6) is 5.75 Å². The summed E-state index contributed by atoms with van der Waals surface area (Å²) >= 11 is 0. The molecule has 0 aliphatic rings. The fraction of sp³-hybridized carbons (Fsp3) is 0.455. The van der Waals surface area contributed by atoms with Gasteiger partial charge in [-0.15, -0.1) is 0 Å². The van der Waals surface area contributed by atoms with Crippen LogP contribution in [0.1, 0.15) is 68.2 Å². The second-order valence-electron chi connectivity index (χ2n) is 11.6. The van der Waals surface area contributed by atoms with Crippen molar-refractivity contribution in [2.75, 3.05) is 13.7 Å². The Morgan fingerprint density at radius 2 is 1.08 bits per heavy atom. The first-order chi connectivity index (χ1) is 16.9. The van der Waals surface area contributed by atoms with Crippen molar-refractivity contribution in [3.05, 3.63) is 84.9 Å². The molecule has 0 saturated carbocycles. The number of ether oxygens (including phenoxy) is 2. The Labute approximate surface area is 223 Å². The minimum absolute atomic E-state index is 0.0109. The van der Waals surface area contributed by atoms with Crippen LogP contribution in [0.3, 0.4) is 0 Å². The third-order valence-corrected chi connectivity index (χ3v) is 8.93. The van der Waals surface area contributed by atoms with E-state index in [1.165, 1.54) is 27.5 Å². The van der Waals surface area contributed by atoms with Crippen LogP contribution in [-0.2, 0) is 15.6 Å². The third kappa shape index (κ3) is 9.01. The lowest BCUT2D eigenvalue weighted by atomic mass is 9.74. The Bertz CT molecular complexity index is 964. The maximum absolute atomic E-state index is 5.92. The first-order valence-electron chi connectivity index (χ1n) is 13.0. The van der Waals surface area contributed by atoms with Crippen LogP contribution in [0.25, 0.3) is 0 Å². The lowest BCUT2D eigenvalue weighted by Crippen LogP contribution is -2.40. The molecule has 3 heteroatoms. The molecule has 0 aliphatic carbocycles. The maximum atomic E-state index is 5.92. The minimum Gasteiger partial charge on any atom is -0.493 e. The molecule has 3 aromatic rings. The summed E-state index contributed by atoms with van der Waals surface area (Å²) in [6.07, 6.45) is 2.44. The summed E-state index contributed by atoms with van der Waals surface area (Å²) in [6, 6.07) is 30.0. The summed E-state index contributed by atoms with van der Waals surface area (Å²) in [7, 11) is 1.69. The van der Waals surface area contributed by atoms with Crippen LogP contribution in [0.2, 0.25) is 0 Å². The van der Waals surface area contributed by atoms with Crippen LogP contribution in [-0.4, -0.2) is 19.3 Å². The zero-order valence-electron chi connectivity index (χ0n) is 23.9. The monoisotopic (exact) mass is 507 g/mol. The zero-order valence-corrected chi connectivity index (χ0v) is 24.7. The molecule has 2 nitrogen and oxygen atoms in total. The molecule has 0 N–H and O–H groups in total. The van der Waals surface area contributed by atoms with Gasteiger partial charge in [0.1, 0.15) is 5.75 Å². The van der Waals surface area contributed by atoms with Gasteiger partial charge in [0, 0.05) is 7.11 Å². The molecule has 0 spiro atoms. The molecule has 36 heavy (non-hydrogen) atoms. The minimum atomic E-state index is -0.0995. The van der Waals surface area contributed by atoms with Gasteiger partial charge >= 0.3 is 0 Å². The SMILES string of the molecule is CC(C)(C)COc1ccc([S+](c2ccccc2)c2ccccc2)cc1.CCCC(C)(C)C(C)(C)OC. The van der Waals surface area contributed by atoms with E-state index in [4.69, 9.17) is 9.47 Å². The summed E-state index contributed by atoms with van der Waals surface area (Å²) in [5.74, 6) is 0.934. The highest BCUT2D eigenvalue weighted by molar-refractivity contribution is 7.97. The second kappa shape index (κ2) is 13.4. The van der Waals surface area contributed by atoms with Crippen molar-refractivity contribution in [3.8, 4) is 5.75 Å². The largest absolute Gasteiger partial charge is 0.493 e. The summed E-state index contributed by atoms with van der Waals surface area (Å²) < 4.78 is 11.4. The zero-order chi connectivity index (χ0) is 26.8. The van der Waals surface area contributed by atoms with E-state index >= 15 is 0 Å². The van der Waals surface area contributed by atoms with E-state index in [0.717, 1.165) is 12.4 Å². The molecular formula is C33H47O2S+. The molecule has 0 amide bonds. The molecule has 0 heterocycles. The molecule has 0 bridgehead atoms. The number of benzene rings is 3. The molecule has 0 aliphatic heterocycles. The lowest BCUT2D eigenvalue weighted by molar-refractivity contribution is -0.0746. The summed E-state index contributed by atoms with van der Waals surface area (Å²) in [4.78, 5) is 3.97. The predicted octanol–water partition coefficient (Wildman–Crippen LogP) is 9.44. The Hall–Kier alpha value is -2.23. The van der Waals surface area contributed by atoms with Gasteiger partial charge < -0.3 is 9.47 Å². The smallest absolute Gasteiger partial charge is 0.166 e. The number of hydrogen-bond acceptors (Lipinski definition) is 2. The molecule has 0 atom stereocenters. The van der Waals surface area contributed by atoms with Gasteiger partial charge in [-0.3, -0.25) is 0 Å². The Kier molecular flexibility index (Phi) is 11.1. The van der Waals surface area contributed by atoms with Gasteiger partial charge in [-0.2, -0.15) is 0 Å². The molecule has 0 aromatic heterocycles. The lowest BCUT2D eigenvalue weighted by Gasteiger charge is -2.40. The van der Waals surface area contributed by atoms with E-state index in [0.29, 0.717) is 0 Å². The van der Waals surface area contributed by atoms with Gasteiger partial charge in [-0.1, -0.05) is 84.4 Å². The van der Waals surface area contributed by atoms with Crippen molar-refractivity contribution >= 4 is 10.9 Å². The first kappa shape index (κ1) is 30.0. The first-order valence-corrected chi connectivity index (χ1v) is 14.2. The highest BCUT2D eigenvalue weighted by Gasteiger charge is 2.35. The van der Waals surface area contributed by atoms with Gasteiger partial charge in [0.15, 0.2) is 14.7 Å². The Balaban J connectivity index is 0.000000352. The van der Waals surface area contributed by atoms with Crippen LogP contribution in [0.4, 0.5) is 0 Å². The van der Waals surface area contributed by atoms with Crippen molar-refractivity contribution < 1.29 is 9.47 Å². The highest BCUT2D eigenvalue weighted by Crippen LogP contribution is 2.37. The Morgan fingerprint density at radius 1 is 0.639 bits per heavy atom. The summed E-state index contributed by atoms with van der Waals surface area (Å²) in [5, 5.41) is 0. The predicted molar refractivity (Wildman–Crippen MR) is 156 cm³/mol. The normalized spacial score (nSPS) is 12.2. The molecule has 0 radical (unpaired) electrons. The van der Waals surface area contributed by atoms with Gasteiger partial charge in [0.05, 0.1) is 23.1 Å².